The van der Waals surface area contributed by atoms with Gasteiger partial charge in [-0.25, -0.2) is 14.9 Å². The second kappa shape index (κ2) is 10.1. The van der Waals surface area contributed by atoms with E-state index in [1.165, 1.54) is 7.11 Å². The Morgan fingerprint density at radius 1 is 1.04 bits per heavy atom. The maximum absolute atomic E-state index is 11.8. The first-order valence-corrected chi connectivity index (χ1v) is 8.23. The molecule has 2 aromatic carbocycles. The third-order valence-corrected chi connectivity index (χ3v) is 3.62. The molecule has 0 aromatic heterocycles. The Bertz CT molecular complexity index is 807. The molecule has 0 bridgehead atoms. The highest BCUT2D eigenvalue weighted by molar-refractivity contribution is 6.30. The van der Waals surface area contributed by atoms with E-state index in [1.807, 2.05) is 5.32 Å². The van der Waals surface area contributed by atoms with Gasteiger partial charge in [-0.1, -0.05) is 41.0 Å². The number of carbonyl (C=O) groups excluding carboxylic acids is 2. The first-order chi connectivity index (χ1) is 13.0. The molecule has 142 valence electrons. The van der Waals surface area contributed by atoms with E-state index >= 15 is 0 Å². The van der Waals surface area contributed by atoms with Crippen LogP contribution in [0, 0.1) is 0 Å². The van der Waals surface area contributed by atoms with Gasteiger partial charge in [0.1, 0.15) is 12.3 Å². The van der Waals surface area contributed by atoms with Crippen LogP contribution in [0.5, 0.6) is 0 Å². The molecule has 0 spiro atoms. The molecule has 2 aromatic rings. The van der Waals surface area contributed by atoms with Gasteiger partial charge in [0.2, 0.25) is 0 Å². The molecule has 3 N–H and O–H groups in total. The monoisotopic (exact) mass is 391 g/mol. The van der Waals surface area contributed by atoms with Gasteiger partial charge >= 0.3 is 12.1 Å². The number of amides is 3. The quantitative estimate of drug-likeness (QED) is 0.302. The van der Waals surface area contributed by atoms with Gasteiger partial charge in [-0.3, -0.25) is 0 Å². The predicted octanol–water partition coefficient (Wildman–Crippen LogP) is 3.47. The van der Waals surface area contributed by atoms with E-state index in [1.54, 1.807) is 48.5 Å². The Morgan fingerprint density at radius 3 is 2.19 bits per heavy atom. The minimum Gasteiger partial charge on any atom is -0.447 e. The molecule has 0 aliphatic heterocycles. The van der Waals surface area contributed by atoms with Gasteiger partial charge in [-0.05, 0) is 24.3 Å². The van der Waals surface area contributed by atoms with Crippen LogP contribution in [-0.4, -0.2) is 43.4 Å². The Kier molecular flexibility index (Phi) is 7.60. The van der Waals surface area contributed by atoms with Crippen molar-refractivity contribution in [2.24, 2.45) is 5.16 Å². The van der Waals surface area contributed by atoms with E-state index in [4.69, 9.17) is 21.1 Å². The highest BCUT2D eigenvalue weighted by Crippen LogP contribution is 2.17. The molecule has 2 rings (SSSR count). The first-order valence-electron chi connectivity index (χ1n) is 7.85. The molecule has 3 amide bonds. The van der Waals surface area contributed by atoms with Crippen LogP contribution in [0.15, 0.2) is 53.7 Å². The number of hydrogen-bond donors (Lipinski definition) is 3. The molecule has 0 saturated carbocycles. The summed E-state index contributed by atoms with van der Waals surface area (Å²) in [6, 6.07) is 12.6. The van der Waals surface area contributed by atoms with Crippen LogP contribution in [0.1, 0.15) is 11.1 Å². The number of alkyl carbamates (subject to hydrolysis) is 1. The van der Waals surface area contributed by atoms with E-state index < -0.39 is 12.1 Å². The normalized spacial score (nSPS) is 11.0. The molecule has 0 aliphatic carbocycles. The average molecular weight is 392 g/mol. The average Bonchev–Trinajstić information content (AvgIpc) is 2.65. The summed E-state index contributed by atoms with van der Waals surface area (Å²) in [7, 11) is 1.47. The standard InChI is InChI=1S/C18H18ClN3O5/c1-26-10-11-27-18(24)21-17(23)20-15-8-4-13(5-9-15)16(22-25)12-2-6-14(19)7-3-12/h2-9,25H,10-11H2,1H3,(H2,20,21,23,24)/b22-16+. The Morgan fingerprint density at radius 2 is 1.63 bits per heavy atom. The molecular weight excluding hydrogens is 374 g/mol. The number of anilines is 1. The summed E-state index contributed by atoms with van der Waals surface area (Å²) in [6.45, 7) is 0.275. The van der Waals surface area contributed by atoms with Crippen LogP contribution in [0.3, 0.4) is 0 Å². The number of nitrogens with zero attached hydrogens (tertiary/aromatic N) is 1. The third kappa shape index (κ3) is 6.28. The Labute approximate surface area is 160 Å². The lowest BCUT2D eigenvalue weighted by Crippen LogP contribution is -2.35. The molecule has 0 radical (unpaired) electrons. The molecular formula is C18H18ClN3O5. The summed E-state index contributed by atoms with van der Waals surface area (Å²) >= 11 is 5.86. The van der Waals surface area contributed by atoms with Crippen molar-refractivity contribution in [3.05, 3.63) is 64.7 Å². The van der Waals surface area contributed by atoms with Gasteiger partial charge in [0.05, 0.1) is 6.61 Å². The molecule has 9 heteroatoms. The summed E-state index contributed by atoms with van der Waals surface area (Å²) in [4.78, 5) is 23.1. The number of ether oxygens (including phenoxy) is 2. The van der Waals surface area contributed by atoms with Crippen molar-refractivity contribution in [2.45, 2.75) is 0 Å². The maximum Gasteiger partial charge on any atom is 0.415 e. The predicted molar refractivity (Wildman–Crippen MR) is 101 cm³/mol. The van der Waals surface area contributed by atoms with Crippen molar-refractivity contribution >= 4 is 35.1 Å². The van der Waals surface area contributed by atoms with Crippen molar-refractivity contribution in [1.82, 2.24) is 5.32 Å². The van der Waals surface area contributed by atoms with E-state index in [2.05, 4.69) is 10.5 Å². The number of rotatable bonds is 6. The fraction of sp³-hybridized carbons (Fsp3) is 0.167. The number of carbonyl (C=O) groups is 2. The maximum atomic E-state index is 11.8. The molecule has 27 heavy (non-hydrogen) atoms. The number of hydrogen-bond acceptors (Lipinski definition) is 6. The van der Waals surface area contributed by atoms with Crippen LogP contribution in [-0.2, 0) is 9.47 Å². The third-order valence-electron chi connectivity index (χ3n) is 3.37. The number of oxime groups is 1. The minimum atomic E-state index is -0.876. The fourth-order valence-corrected chi connectivity index (χ4v) is 2.24. The molecule has 0 fully saturated rings. The van der Waals surface area contributed by atoms with Crippen molar-refractivity contribution in [1.29, 1.82) is 0 Å². The SMILES string of the molecule is COCCOC(=O)NC(=O)Nc1ccc(/C(=N/O)c2ccc(Cl)cc2)cc1. The van der Waals surface area contributed by atoms with Gasteiger partial charge in [0.15, 0.2) is 0 Å². The smallest absolute Gasteiger partial charge is 0.415 e. The summed E-state index contributed by atoms with van der Waals surface area (Å²) in [5.74, 6) is 0. The van der Waals surface area contributed by atoms with Gasteiger partial charge in [0.25, 0.3) is 0 Å². The summed E-state index contributed by atoms with van der Waals surface area (Å²) < 4.78 is 9.46. The van der Waals surface area contributed by atoms with Gasteiger partial charge < -0.3 is 20.0 Å². The Balaban J connectivity index is 1.97. The van der Waals surface area contributed by atoms with E-state index in [0.717, 1.165) is 0 Å². The van der Waals surface area contributed by atoms with Crippen molar-refractivity contribution < 1.29 is 24.3 Å². The van der Waals surface area contributed by atoms with Crippen LogP contribution >= 0.6 is 11.6 Å². The molecule has 0 heterocycles. The summed E-state index contributed by atoms with van der Waals surface area (Å²) in [5.41, 5.74) is 2.10. The highest BCUT2D eigenvalue weighted by atomic mass is 35.5. The van der Waals surface area contributed by atoms with Gasteiger partial charge in [-0.2, -0.15) is 0 Å². The number of halogens is 1. The van der Waals surface area contributed by atoms with Crippen LogP contribution in [0.25, 0.3) is 0 Å². The fourth-order valence-electron chi connectivity index (χ4n) is 2.11. The number of nitrogens with one attached hydrogen (secondary N) is 2. The lowest BCUT2D eigenvalue weighted by molar-refractivity contribution is 0.100. The number of imide groups is 1. The van der Waals surface area contributed by atoms with Crippen molar-refractivity contribution in [3.8, 4) is 0 Å². The lowest BCUT2D eigenvalue weighted by Gasteiger charge is -2.09. The van der Waals surface area contributed by atoms with Crippen molar-refractivity contribution in [3.63, 3.8) is 0 Å². The van der Waals surface area contributed by atoms with E-state index in [-0.39, 0.29) is 13.2 Å². The van der Waals surface area contributed by atoms with Crippen LogP contribution in [0.2, 0.25) is 5.02 Å². The lowest BCUT2D eigenvalue weighted by atomic mass is 10.0. The number of benzene rings is 2. The Hall–Kier alpha value is -3.10. The number of methoxy groups -OCH3 is 1. The topological polar surface area (TPSA) is 109 Å². The number of urea groups is 1. The first kappa shape index (κ1) is 20.2. The summed E-state index contributed by atoms with van der Waals surface area (Å²) in [5, 5.41) is 17.7. The second-order valence-corrected chi connectivity index (χ2v) is 5.68. The van der Waals surface area contributed by atoms with E-state index in [9.17, 15) is 14.8 Å². The molecule has 8 nitrogen and oxygen atoms in total. The zero-order chi connectivity index (χ0) is 19.6. The molecule has 0 aliphatic rings. The zero-order valence-corrected chi connectivity index (χ0v) is 15.2. The van der Waals surface area contributed by atoms with Crippen LogP contribution < -0.4 is 10.6 Å². The van der Waals surface area contributed by atoms with E-state index in [0.29, 0.717) is 27.5 Å². The molecule has 0 atom stereocenters. The van der Waals surface area contributed by atoms with Gasteiger partial charge in [0, 0.05) is 28.9 Å². The highest BCUT2D eigenvalue weighted by Gasteiger charge is 2.11. The minimum absolute atomic E-state index is 0.0400. The molecule has 0 saturated heterocycles. The molecule has 0 unspecified atom stereocenters. The summed E-state index contributed by atoms with van der Waals surface area (Å²) in [6.07, 6.45) is -0.876. The van der Waals surface area contributed by atoms with Crippen molar-refractivity contribution in [2.75, 3.05) is 25.6 Å². The second-order valence-electron chi connectivity index (χ2n) is 5.24. The van der Waals surface area contributed by atoms with Gasteiger partial charge in [-0.15, -0.1) is 0 Å². The van der Waals surface area contributed by atoms with Crippen LogP contribution in [0.4, 0.5) is 15.3 Å². The zero-order valence-electron chi connectivity index (χ0n) is 14.4. The largest absolute Gasteiger partial charge is 0.447 e.